The molecule has 19 heavy (non-hydrogen) atoms. The minimum absolute atomic E-state index is 0.526. The molecule has 2 N–H and O–H groups in total. The van der Waals surface area contributed by atoms with Crippen molar-refractivity contribution in [3.05, 3.63) is 17.7 Å². The fourth-order valence-electron chi connectivity index (χ4n) is 2.49. The highest BCUT2D eigenvalue weighted by Crippen LogP contribution is 2.31. The molecule has 0 radical (unpaired) electrons. The van der Waals surface area contributed by atoms with Crippen molar-refractivity contribution >= 4 is 17.7 Å². The first-order chi connectivity index (χ1) is 9.15. The lowest BCUT2D eigenvalue weighted by Gasteiger charge is -2.36. The van der Waals surface area contributed by atoms with Crippen LogP contribution in [0.1, 0.15) is 5.56 Å². The molecular formula is C14H21N3O2. The molecule has 0 aliphatic carbocycles. The van der Waals surface area contributed by atoms with Gasteiger partial charge in [0.05, 0.1) is 19.3 Å². The highest BCUT2D eigenvalue weighted by Gasteiger charge is 2.19. The molecule has 1 aromatic rings. The first-order valence-corrected chi connectivity index (χ1v) is 6.50. The number of piperazine rings is 1. The van der Waals surface area contributed by atoms with Crippen LogP contribution < -0.4 is 15.4 Å². The van der Waals surface area contributed by atoms with Crippen LogP contribution in [0.5, 0.6) is 5.75 Å². The summed E-state index contributed by atoms with van der Waals surface area (Å²) in [4.78, 5) is 15.0. The topological polar surface area (TPSA) is 58.8 Å². The van der Waals surface area contributed by atoms with Gasteiger partial charge in [-0.2, -0.15) is 0 Å². The number of nitrogen functional groups attached to an aromatic ring is 1. The molecule has 0 aromatic heterocycles. The molecule has 1 aromatic carbocycles. The van der Waals surface area contributed by atoms with Crippen LogP contribution in [0.3, 0.4) is 0 Å². The molecule has 1 saturated heterocycles. The number of aryl methyl sites for hydroxylation is 1. The van der Waals surface area contributed by atoms with Crippen LogP contribution in [0.15, 0.2) is 12.1 Å². The van der Waals surface area contributed by atoms with Crippen molar-refractivity contribution < 1.29 is 9.53 Å². The Morgan fingerprint density at radius 3 is 2.58 bits per heavy atom. The molecular weight excluding hydrogens is 242 g/mol. The van der Waals surface area contributed by atoms with Crippen molar-refractivity contribution in [2.45, 2.75) is 6.92 Å². The predicted octanol–water partition coefficient (Wildman–Crippen LogP) is 0.907. The second-order valence-electron chi connectivity index (χ2n) is 4.83. The quantitative estimate of drug-likeness (QED) is 0.646. The summed E-state index contributed by atoms with van der Waals surface area (Å²) in [5, 5.41) is 0. The van der Waals surface area contributed by atoms with E-state index >= 15 is 0 Å². The number of nitrogens with two attached hydrogens (primary N) is 1. The highest BCUT2D eigenvalue weighted by molar-refractivity contribution is 5.66. The second kappa shape index (κ2) is 5.93. The Balaban J connectivity index is 2.13. The number of hydrogen-bond donors (Lipinski definition) is 1. The lowest BCUT2D eigenvalue weighted by Crippen LogP contribution is -2.47. The molecule has 5 heteroatoms. The Bertz CT molecular complexity index is 454. The largest absolute Gasteiger partial charge is 0.495 e. The van der Waals surface area contributed by atoms with E-state index in [1.807, 2.05) is 12.1 Å². The summed E-state index contributed by atoms with van der Waals surface area (Å²) in [6, 6.07) is 3.95. The van der Waals surface area contributed by atoms with Crippen molar-refractivity contribution in [1.29, 1.82) is 0 Å². The van der Waals surface area contributed by atoms with E-state index in [-0.39, 0.29) is 0 Å². The van der Waals surface area contributed by atoms with E-state index in [1.54, 1.807) is 7.11 Å². The number of carbonyl (C=O) groups is 1. The Hall–Kier alpha value is -1.75. The van der Waals surface area contributed by atoms with Gasteiger partial charge in [0, 0.05) is 37.9 Å². The summed E-state index contributed by atoms with van der Waals surface area (Å²) in [6.07, 6.45) is 0.965. The van der Waals surface area contributed by atoms with Gasteiger partial charge in [-0.3, -0.25) is 4.90 Å². The Morgan fingerprint density at radius 2 is 2.00 bits per heavy atom. The van der Waals surface area contributed by atoms with Gasteiger partial charge >= 0.3 is 0 Å². The first-order valence-electron chi connectivity index (χ1n) is 6.50. The summed E-state index contributed by atoms with van der Waals surface area (Å²) in [5.74, 6) is 0.718. The third-order valence-electron chi connectivity index (χ3n) is 3.59. The minimum Gasteiger partial charge on any atom is -0.495 e. The molecule has 0 saturated carbocycles. The number of benzene rings is 1. The normalized spacial score (nSPS) is 16.4. The molecule has 0 atom stereocenters. The second-order valence-corrected chi connectivity index (χ2v) is 4.83. The smallest absolute Gasteiger partial charge is 0.143 e. The predicted molar refractivity (Wildman–Crippen MR) is 76.9 cm³/mol. The van der Waals surface area contributed by atoms with E-state index in [1.165, 1.54) is 0 Å². The molecule has 5 nitrogen and oxygen atoms in total. The minimum atomic E-state index is 0.526. The number of carbonyl (C=O) groups excluding carboxylic acids is 1. The summed E-state index contributed by atoms with van der Waals surface area (Å²) >= 11 is 0. The average Bonchev–Trinajstić information content (AvgIpc) is 2.41. The van der Waals surface area contributed by atoms with E-state index in [0.29, 0.717) is 12.2 Å². The van der Waals surface area contributed by atoms with Gasteiger partial charge in [0.2, 0.25) is 0 Å². The molecule has 1 aliphatic rings. The van der Waals surface area contributed by atoms with Crippen molar-refractivity contribution in [1.82, 2.24) is 4.90 Å². The molecule has 1 heterocycles. The molecule has 1 fully saturated rings. The van der Waals surface area contributed by atoms with Gasteiger partial charge in [-0.15, -0.1) is 0 Å². The molecule has 104 valence electrons. The Kier molecular flexibility index (Phi) is 4.27. The number of methoxy groups -OCH3 is 1. The first kappa shape index (κ1) is 13.7. The number of ether oxygens (including phenoxy) is 1. The van der Waals surface area contributed by atoms with Crippen LogP contribution in [0.4, 0.5) is 11.4 Å². The number of rotatable bonds is 4. The van der Waals surface area contributed by atoms with Crippen molar-refractivity contribution in [3.8, 4) is 5.75 Å². The van der Waals surface area contributed by atoms with Gasteiger partial charge in [-0.1, -0.05) is 0 Å². The zero-order valence-electron chi connectivity index (χ0n) is 11.6. The Labute approximate surface area is 113 Å². The molecule has 0 bridgehead atoms. The highest BCUT2D eigenvalue weighted by atomic mass is 16.5. The Morgan fingerprint density at radius 1 is 1.32 bits per heavy atom. The van der Waals surface area contributed by atoms with E-state index in [9.17, 15) is 4.79 Å². The van der Waals surface area contributed by atoms with E-state index in [0.717, 1.165) is 49.5 Å². The van der Waals surface area contributed by atoms with E-state index < -0.39 is 0 Å². The van der Waals surface area contributed by atoms with Crippen molar-refractivity contribution in [2.75, 3.05) is 50.5 Å². The van der Waals surface area contributed by atoms with Gasteiger partial charge in [-0.05, 0) is 18.6 Å². The SMILES string of the molecule is COc1cc(N2CCN(CC=O)CC2)c(C)cc1N. The third-order valence-corrected chi connectivity index (χ3v) is 3.59. The molecule has 2 rings (SSSR count). The standard InChI is InChI=1S/C14H21N3O2/c1-11-9-12(15)14(19-2)10-13(11)17-5-3-16(4-6-17)7-8-18/h8-10H,3-7,15H2,1-2H3. The zero-order chi connectivity index (χ0) is 13.8. The fourth-order valence-corrected chi connectivity index (χ4v) is 2.49. The van der Waals surface area contributed by atoms with Crippen LogP contribution in [0, 0.1) is 6.92 Å². The summed E-state index contributed by atoms with van der Waals surface area (Å²) < 4.78 is 5.28. The lowest BCUT2D eigenvalue weighted by atomic mass is 10.1. The summed E-state index contributed by atoms with van der Waals surface area (Å²) in [6.45, 7) is 6.24. The monoisotopic (exact) mass is 263 g/mol. The molecule has 0 amide bonds. The maximum absolute atomic E-state index is 10.5. The number of aldehydes is 1. The third kappa shape index (κ3) is 2.98. The maximum atomic E-state index is 10.5. The molecule has 0 spiro atoms. The van der Waals surface area contributed by atoms with Gasteiger partial charge in [-0.25, -0.2) is 0 Å². The van der Waals surface area contributed by atoms with Gasteiger partial charge in [0.15, 0.2) is 0 Å². The number of hydrogen-bond acceptors (Lipinski definition) is 5. The number of anilines is 2. The van der Waals surface area contributed by atoms with E-state index in [2.05, 4.69) is 16.7 Å². The average molecular weight is 263 g/mol. The van der Waals surface area contributed by atoms with Crippen molar-refractivity contribution in [3.63, 3.8) is 0 Å². The van der Waals surface area contributed by atoms with Crippen LogP contribution >= 0.6 is 0 Å². The van der Waals surface area contributed by atoms with Gasteiger partial charge < -0.3 is 20.2 Å². The van der Waals surface area contributed by atoms with E-state index in [4.69, 9.17) is 10.5 Å². The van der Waals surface area contributed by atoms with Crippen LogP contribution in [-0.4, -0.2) is 51.0 Å². The summed E-state index contributed by atoms with van der Waals surface area (Å²) in [5.41, 5.74) is 8.89. The van der Waals surface area contributed by atoms with Crippen LogP contribution in [0.25, 0.3) is 0 Å². The van der Waals surface area contributed by atoms with Gasteiger partial charge in [0.25, 0.3) is 0 Å². The maximum Gasteiger partial charge on any atom is 0.143 e. The van der Waals surface area contributed by atoms with Crippen molar-refractivity contribution in [2.24, 2.45) is 0 Å². The number of nitrogens with zero attached hydrogens (tertiary/aromatic N) is 2. The van der Waals surface area contributed by atoms with Crippen LogP contribution in [-0.2, 0) is 4.79 Å². The van der Waals surface area contributed by atoms with Gasteiger partial charge in [0.1, 0.15) is 12.0 Å². The summed E-state index contributed by atoms with van der Waals surface area (Å²) in [7, 11) is 1.63. The molecule has 1 aliphatic heterocycles. The van der Waals surface area contributed by atoms with Crippen LogP contribution in [0.2, 0.25) is 0 Å². The lowest BCUT2D eigenvalue weighted by molar-refractivity contribution is -0.108. The molecule has 0 unspecified atom stereocenters. The fraction of sp³-hybridized carbons (Fsp3) is 0.500. The zero-order valence-corrected chi connectivity index (χ0v) is 11.6.